The Morgan fingerprint density at radius 1 is 0.810 bits per heavy atom. The second-order valence-electron chi connectivity index (χ2n) is 5.55. The van der Waals surface area contributed by atoms with Gasteiger partial charge in [-0.2, -0.15) is 0 Å². The summed E-state index contributed by atoms with van der Waals surface area (Å²) in [6.45, 7) is 1.62. The summed E-state index contributed by atoms with van der Waals surface area (Å²) in [6.07, 6.45) is 0. The van der Waals surface area contributed by atoms with Crippen LogP contribution in [0.4, 0.5) is 0 Å². The molecule has 1 saturated heterocycles. The van der Waals surface area contributed by atoms with Gasteiger partial charge in [0.2, 0.25) is 0 Å². The fourth-order valence-corrected chi connectivity index (χ4v) is 3.03. The van der Waals surface area contributed by atoms with E-state index in [9.17, 15) is 4.79 Å². The number of likely N-dealkylation sites (tertiary alicyclic amines) is 1. The van der Waals surface area contributed by atoms with Crippen molar-refractivity contribution in [3.8, 4) is 0 Å². The molecule has 1 aliphatic heterocycles. The van der Waals surface area contributed by atoms with Crippen LogP contribution in [0.5, 0.6) is 0 Å². The number of hydrogen-bond donors (Lipinski definition) is 0. The Balaban J connectivity index is 0.00000161. The number of ketones is 1. The van der Waals surface area contributed by atoms with Crippen molar-refractivity contribution in [2.24, 2.45) is 0 Å². The van der Waals surface area contributed by atoms with Crippen LogP contribution in [0.1, 0.15) is 23.0 Å². The van der Waals surface area contributed by atoms with Crippen LogP contribution in [-0.2, 0) is 4.79 Å². The third-order valence-electron chi connectivity index (χ3n) is 4.08. The molecule has 0 aromatic heterocycles. The minimum absolute atomic E-state index is 0. The van der Waals surface area contributed by atoms with Crippen LogP contribution in [0.15, 0.2) is 60.7 Å². The van der Waals surface area contributed by atoms with Gasteiger partial charge >= 0.3 is 0 Å². The summed E-state index contributed by atoms with van der Waals surface area (Å²) in [5, 5.41) is 0. The molecule has 2 unspecified atom stereocenters. The van der Waals surface area contributed by atoms with Crippen molar-refractivity contribution in [3.05, 3.63) is 71.8 Å². The lowest BCUT2D eigenvalue weighted by Gasteiger charge is -2.35. The average Bonchev–Trinajstić information content (AvgIpc) is 2.51. The fraction of sp³-hybridized carbons (Fsp3) is 0.278. The van der Waals surface area contributed by atoms with E-state index in [2.05, 4.69) is 36.2 Å². The van der Waals surface area contributed by atoms with E-state index in [0.29, 0.717) is 5.78 Å². The van der Waals surface area contributed by atoms with E-state index in [0.717, 1.165) is 24.2 Å². The molecule has 21 heavy (non-hydrogen) atoms. The molecule has 3 rings (SSSR count). The summed E-state index contributed by atoms with van der Waals surface area (Å²) >= 11 is 0. The highest BCUT2D eigenvalue weighted by Gasteiger charge is 2.35. The van der Waals surface area contributed by atoms with Gasteiger partial charge in [0.05, 0.1) is 11.8 Å². The van der Waals surface area contributed by atoms with E-state index in [4.69, 9.17) is 0 Å². The van der Waals surface area contributed by atoms with Crippen molar-refractivity contribution in [1.82, 2.24) is 4.90 Å². The first-order valence-corrected chi connectivity index (χ1v) is 7.08. The molecule has 1 aliphatic rings. The predicted molar refractivity (Wildman–Crippen MR) is 88.1 cm³/mol. The molecule has 0 aliphatic carbocycles. The van der Waals surface area contributed by atoms with Gasteiger partial charge in [-0.25, -0.2) is 0 Å². The van der Waals surface area contributed by atoms with Gasteiger partial charge in [-0.15, -0.1) is 12.4 Å². The quantitative estimate of drug-likeness (QED) is 0.846. The number of halogens is 1. The van der Waals surface area contributed by atoms with Crippen LogP contribution >= 0.6 is 12.4 Å². The Morgan fingerprint density at radius 2 is 1.19 bits per heavy atom. The Kier molecular flexibility index (Phi) is 5.16. The first-order valence-electron chi connectivity index (χ1n) is 7.08. The summed E-state index contributed by atoms with van der Waals surface area (Å²) in [4.78, 5) is 15.1. The molecule has 0 radical (unpaired) electrons. The van der Waals surface area contributed by atoms with E-state index >= 15 is 0 Å². The molecule has 1 heterocycles. The van der Waals surface area contributed by atoms with E-state index in [-0.39, 0.29) is 24.2 Å². The fourth-order valence-electron chi connectivity index (χ4n) is 3.03. The van der Waals surface area contributed by atoms with Crippen LogP contribution < -0.4 is 0 Å². The Morgan fingerprint density at radius 3 is 1.57 bits per heavy atom. The minimum Gasteiger partial charge on any atom is -0.304 e. The number of carbonyl (C=O) groups excluding carboxylic acids is 1. The molecular weight excluding hydrogens is 282 g/mol. The van der Waals surface area contributed by atoms with Crippen molar-refractivity contribution in [3.63, 3.8) is 0 Å². The third kappa shape index (κ3) is 3.34. The molecule has 110 valence electrons. The normalized spacial score (nSPS) is 22.6. The molecule has 0 bridgehead atoms. The first-order chi connectivity index (χ1) is 9.75. The smallest absolute Gasteiger partial charge is 0.150 e. The van der Waals surface area contributed by atoms with Gasteiger partial charge < -0.3 is 4.90 Å². The van der Waals surface area contributed by atoms with Gasteiger partial charge in [-0.05, 0) is 18.2 Å². The van der Waals surface area contributed by atoms with Gasteiger partial charge in [0, 0.05) is 13.1 Å². The maximum Gasteiger partial charge on any atom is 0.150 e. The minimum atomic E-state index is -0.0137. The molecule has 3 heteroatoms. The van der Waals surface area contributed by atoms with Gasteiger partial charge in [0.1, 0.15) is 5.78 Å². The Bertz CT molecular complexity index is 533. The number of nitrogens with zero attached hydrogens (tertiary/aromatic N) is 1. The topological polar surface area (TPSA) is 20.3 Å². The maximum absolute atomic E-state index is 12.8. The Hall–Kier alpha value is -1.64. The molecule has 2 aromatic rings. The second-order valence-corrected chi connectivity index (χ2v) is 5.55. The van der Waals surface area contributed by atoms with Crippen molar-refractivity contribution in [2.45, 2.75) is 11.8 Å². The zero-order valence-corrected chi connectivity index (χ0v) is 12.9. The number of hydrogen-bond acceptors (Lipinski definition) is 2. The molecule has 2 aromatic carbocycles. The maximum atomic E-state index is 12.8. The zero-order chi connectivity index (χ0) is 13.9. The number of benzene rings is 2. The van der Waals surface area contributed by atoms with Crippen LogP contribution in [0, 0.1) is 0 Å². The van der Waals surface area contributed by atoms with Crippen LogP contribution in [0.3, 0.4) is 0 Å². The second kappa shape index (κ2) is 6.88. The number of rotatable bonds is 2. The number of likely N-dealkylation sites (N-methyl/N-ethyl adjacent to an activating group) is 1. The van der Waals surface area contributed by atoms with Crippen LogP contribution in [-0.4, -0.2) is 30.8 Å². The lowest BCUT2D eigenvalue weighted by atomic mass is 9.80. The average molecular weight is 302 g/mol. The summed E-state index contributed by atoms with van der Waals surface area (Å²) in [6, 6.07) is 20.3. The van der Waals surface area contributed by atoms with Crippen LogP contribution in [0.2, 0.25) is 0 Å². The highest BCUT2D eigenvalue weighted by atomic mass is 35.5. The summed E-state index contributed by atoms with van der Waals surface area (Å²) in [7, 11) is 2.10. The SMILES string of the molecule is CN1CC(c2ccccc2)C(=O)C(c2ccccc2)C1.Cl. The summed E-state index contributed by atoms with van der Waals surface area (Å²) < 4.78 is 0. The molecule has 2 atom stereocenters. The summed E-state index contributed by atoms with van der Waals surface area (Å²) in [5.74, 6) is 0.320. The predicted octanol–water partition coefficient (Wildman–Crippen LogP) is 3.49. The molecule has 0 N–H and O–H groups in total. The van der Waals surface area contributed by atoms with Gasteiger partial charge in [0.25, 0.3) is 0 Å². The molecule has 1 fully saturated rings. The molecule has 0 saturated carbocycles. The van der Waals surface area contributed by atoms with E-state index < -0.39 is 0 Å². The first kappa shape index (κ1) is 15.7. The Labute approximate surface area is 132 Å². The standard InChI is InChI=1S/C18H19NO.ClH/c1-19-12-16(14-8-4-2-5-9-14)18(20)17(13-19)15-10-6-3-7-11-15;/h2-11,16-17H,12-13H2,1H3;1H. The lowest BCUT2D eigenvalue weighted by molar-refractivity contribution is -0.124. The van der Waals surface area contributed by atoms with Crippen molar-refractivity contribution in [2.75, 3.05) is 20.1 Å². The van der Waals surface area contributed by atoms with Crippen LogP contribution in [0.25, 0.3) is 0 Å². The summed E-state index contributed by atoms with van der Waals surface area (Å²) in [5.41, 5.74) is 2.26. The van der Waals surface area contributed by atoms with Gasteiger partial charge in [-0.3, -0.25) is 4.79 Å². The highest BCUT2D eigenvalue weighted by Crippen LogP contribution is 2.31. The molecule has 0 spiro atoms. The number of piperidine rings is 1. The molecular formula is C18H20ClNO. The largest absolute Gasteiger partial charge is 0.304 e. The number of carbonyl (C=O) groups is 1. The monoisotopic (exact) mass is 301 g/mol. The molecule has 0 amide bonds. The van der Waals surface area contributed by atoms with Gasteiger partial charge in [-0.1, -0.05) is 60.7 Å². The van der Waals surface area contributed by atoms with Crippen molar-refractivity contribution < 1.29 is 4.79 Å². The number of Topliss-reactive ketones (excluding diaryl/α,β-unsaturated/α-hetero) is 1. The highest BCUT2D eigenvalue weighted by molar-refractivity contribution is 5.93. The van der Waals surface area contributed by atoms with E-state index in [1.807, 2.05) is 36.4 Å². The van der Waals surface area contributed by atoms with Crippen molar-refractivity contribution in [1.29, 1.82) is 0 Å². The third-order valence-corrected chi connectivity index (χ3v) is 4.08. The lowest BCUT2D eigenvalue weighted by Crippen LogP contribution is -2.42. The van der Waals surface area contributed by atoms with Crippen molar-refractivity contribution >= 4 is 18.2 Å². The van der Waals surface area contributed by atoms with E-state index in [1.54, 1.807) is 0 Å². The molecule has 2 nitrogen and oxygen atoms in total. The zero-order valence-electron chi connectivity index (χ0n) is 12.1. The van der Waals surface area contributed by atoms with E-state index in [1.165, 1.54) is 0 Å². The van der Waals surface area contributed by atoms with Gasteiger partial charge in [0.15, 0.2) is 0 Å².